The SMILES string of the molecule is Cc1nn(-c2ccccc2Cl)c2sc(C(=O)OCC(=O)Nc3cc(F)ccc3F)cc12. The van der Waals surface area contributed by atoms with E-state index in [-0.39, 0.29) is 10.6 Å². The third-order valence-corrected chi connectivity index (χ3v) is 5.77. The van der Waals surface area contributed by atoms with Gasteiger partial charge in [-0.05, 0) is 37.3 Å². The molecule has 31 heavy (non-hydrogen) atoms. The van der Waals surface area contributed by atoms with Gasteiger partial charge in [0, 0.05) is 11.5 Å². The van der Waals surface area contributed by atoms with Gasteiger partial charge in [0.25, 0.3) is 5.91 Å². The van der Waals surface area contributed by atoms with Crippen LogP contribution in [-0.2, 0) is 9.53 Å². The second kappa shape index (κ2) is 8.44. The molecule has 0 aliphatic carbocycles. The molecule has 0 aliphatic rings. The van der Waals surface area contributed by atoms with E-state index < -0.39 is 30.1 Å². The fourth-order valence-electron chi connectivity index (χ4n) is 2.92. The number of aromatic nitrogens is 2. The maximum absolute atomic E-state index is 13.6. The number of anilines is 1. The van der Waals surface area contributed by atoms with Gasteiger partial charge >= 0.3 is 5.97 Å². The largest absolute Gasteiger partial charge is 0.451 e. The van der Waals surface area contributed by atoms with Crippen molar-refractivity contribution in [2.24, 2.45) is 0 Å². The number of amides is 1. The zero-order valence-corrected chi connectivity index (χ0v) is 17.6. The van der Waals surface area contributed by atoms with E-state index >= 15 is 0 Å². The van der Waals surface area contributed by atoms with Gasteiger partial charge in [0.1, 0.15) is 21.3 Å². The molecule has 2 aromatic heterocycles. The molecule has 0 saturated carbocycles. The first-order valence-corrected chi connectivity index (χ1v) is 10.2. The molecule has 0 fully saturated rings. The highest BCUT2D eigenvalue weighted by Crippen LogP contribution is 2.32. The number of para-hydroxylation sites is 1. The highest BCUT2D eigenvalue weighted by atomic mass is 35.5. The maximum Gasteiger partial charge on any atom is 0.348 e. The molecule has 0 bridgehead atoms. The maximum atomic E-state index is 13.6. The topological polar surface area (TPSA) is 73.2 Å². The van der Waals surface area contributed by atoms with Crippen molar-refractivity contribution in [1.29, 1.82) is 0 Å². The van der Waals surface area contributed by atoms with E-state index in [1.807, 2.05) is 12.1 Å². The van der Waals surface area contributed by atoms with Gasteiger partial charge in [-0.15, -0.1) is 11.3 Å². The molecule has 2 aromatic carbocycles. The average Bonchev–Trinajstić information content (AvgIpc) is 3.30. The number of aryl methyl sites for hydroxylation is 1. The van der Waals surface area contributed by atoms with E-state index in [2.05, 4.69) is 10.4 Å². The van der Waals surface area contributed by atoms with Crippen LogP contribution in [0.15, 0.2) is 48.5 Å². The Labute approximate surface area is 184 Å². The lowest BCUT2D eigenvalue weighted by molar-refractivity contribution is -0.119. The second-order valence-corrected chi connectivity index (χ2v) is 7.96. The molecule has 0 radical (unpaired) electrons. The number of carbonyl (C=O) groups is 2. The van der Waals surface area contributed by atoms with Crippen LogP contribution in [0.25, 0.3) is 15.9 Å². The third kappa shape index (κ3) is 4.28. The van der Waals surface area contributed by atoms with Crippen LogP contribution in [0.5, 0.6) is 0 Å². The number of rotatable bonds is 5. The second-order valence-electron chi connectivity index (χ2n) is 6.53. The number of halogens is 3. The van der Waals surface area contributed by atoms with Crippen LogP contribution >= 0.6 is 22.9 Å². The number of ether oxygens (including phenoxy) is 1. The van der Waals surface area contributed by atoms with Gasteiger partial charge in [0.2, 0.25) is 0 Å². The van der Waals surface area contributed by atoms with Crippen molar-refractivity contribution in [3.05, 3.63) is 75.8 Å². The minimum atomic E-state index is -0.801. The van der Waals surface area contributed by atoms with Crippen molar-refractivity contribution in [2.45, 2.75) is 6.92 Å². The summed E-state index contributed by atoms with van der Waals surface area (Å²) in [6, 6.07) is 11.5. The Morgan fingerprint density at radius 2 is 1.97 bits per heavy atom. The summed E-state index contributed by atoms with van der Waals surface area (Å²) in [6.07, 6.45) is 0. The zero-order chi connectivity index (χ0) is 22.1. The minimum absolute atomic E-state index is 0.265. The van der Waals surface area contributed by atoms with Crippen molar-refractivity contribution < 1.29 is 23.1 Å². The van der Waals surface area contributed by atoms with Gasteiger partial charge in [-0.25, -0.2) is 18.3 Å². The van der Waals surface area contributed by atoms with E-state index in [9.17, 15) is 18.4 Å². The van der Waals surface area contributed by atoms with Crippen LogP contribution < -0.4 is 5.32 Å². The first-order valence-electron chi connectivity index (χ1n) is 8.99. The molecule has 4 rings (SSSR count). The Kier molecular flexibility index (Phi) is 5.71. The molecule has 158 valence electrons. The van der Waals surface area contributed by atoms with Crippen molar-refractivity contribution in [2.75, 3.05) is 11.9 Å². The molecular weight excluding hydrogens is 448 g/mol. The number of benzene rings is 2. The molecule has 1 N–H and O–H groups in total. The fourth-order valence-corrected chi connectivity index (χ4v) is 4.20. The van der Waals surface area contributed by atoms with Crippen molar-refractivity contribution in [1.82, 2.24) is 9.78 Å². The standard InChI is InChI=1S/C21H14ClF2N3O3S/c1-11-13-9-18(31-20(13)27(26-11)17-5-3-2-4-14(17)22)21(29)30-10-19(28)25-16-8-12(23)6-7-15(16)24/h2-9H,10H2,1H3,(H,25,28). The van der Waals surface area contributed by atoms with Crippen molar-refractivity contribution >= 4 is 50.7 Å². The Balaban J connectivity index is 1.50. The number of carbonyl (C=O) groups excluding carboxylic acids is 2. The van der Waals surface area contributed by atoms with Crippen molar-refractivity contribution in [3.63, 3.8) is 0 Å². The lowest BCUT2D eigenvalue weighted by Gasteiger charge is -2.07. The van der Waals surface area contributed by atoms with Crippen LogP contribution in [0.2, 0.25) is 5.02 Å². The van der Waals surface area contributed by atoms with E-state index in [4.69, 9.17) is 16.3 Å². The molecule has 0 unspecified atom stereocenters. The quantitative estimate of drug-likeness (QED) is 0.418. The normalized spacial score (nSPS) is 11.0. The molecular formula is C21H14ClF2N3O3S. The summed E-state index contributed by atoms with van der Waals surface area (Å²) in [5.41, 5.74) is 1.03. The Morgan fingerprint density at radius 3 is 2.74 bits per heavy atom. The number of nitrogens with zero attached hydrogens (tertiary/aromatic N) is 2. The molecule has 2 heterocycles. The number of esters is 1. The number of thiophene rings is 1. The first-order chi connectivity index (χ1) is 14.8. The molecule has 0 atom stereocenters. The van der Waals surface area contributed by atoms with Crippen LogP contribution in [0.3, 0.4) is 0 Å². The summed E-state index contributed by atoms with van der Waals surface area (Å²) >= 11 is 7.41. The lowest BCUT2D eigenvalue weighted by atomic mass is 10.3. The number of hydrogen-bond acceptors (Lipinski definition) is 5. The molecule has 6 nitrogen and oxygen atoms in total. The Hall–Kier alpha value is -3.30. The monoisotopic (exact) mass is 461 g/mol. The lowest BCUT2D eigenvalue weighted by Crippen LogP contribution is -2.21. The summed E-state index contributed by atoms with van der Waals surface area (Å²) in [7, 11) is 0. The smallest absolute Gasteiger partial charge is 0.348 e. The van der Waals surface area contributed by atoms with Crippen LogP contribution in [0.4, 0.5) is 14.5 Å². The Morgan fingerprint density at radius 1 is 1.19 bits per heavy atom. The molecule has 1 amide bonds. The predicted molar refractivity (Wildman–Crippen MR) is 114 cm³/mol. The zero-order valence-electron chi connectivity index (χ0n) is 16.0. The summed E-state index contributed by atoms with van der Waals surface area (Å²) in [5, 5.41) is 7.90. The summed E-state index contributed by atoms with van der Waals surface area (Å²) in [5.74, 6) is -3.02. The fraction of sp³-hybridized carbons (Fsp3) is 0.0952. The Bertz CT molecular complexity index is 1320. The van der Waals surface area contributed by atoms with Crippen LogP contribution in [0, 0.1) is 18.6 Å². The van der Waals surface area contributed by atoms with Gasteiger partial charge in [0.05, 0.1) is 22.1 Å². The first kappa shape index (κ1) is 21.0. The van der Waals surface area contributed by atoms with E-state index in [0.29, 0.717) is 21.2 Å². The molecule has 0 saturated heterocycles. The van der Waals surface area contributed by atoms with Crippen LogP contribution in [-0.4, -0.2) is 28.3 Å². The summed E-state index contributed by atoms with van der Waals surface area (Å²) < 4.78 is 33.5. The number of fused-ring (bicyclic) bond motifs is 1. The highest BCUT2D eigenvalue weighted by Gasteiger charge is 2.20. The van der Waals surface area contributed by atoms with Gasteiger partial charge in [-0.3, -0.25) is 4.79 Å². The average molecular weight is 462 g/mol. The van der Waals surface area contributed by atoms with E-state index in [1.165, 1.54) is 0 Å². The van der Waals surface area contributed by atoms with Crippen molar-refractivity contribution in [3.8, 4) is 5.69 Å². The molecule has 4 aromatic rings. The predicted octanol–water partition coefficient (Wildman–Crippen LogP) is 5.12. The van der Waals surface area contributed by atoms with Gasteiger partial charge in [0.15, 0.2) is 6.61 Å². The van der Waals surface area contributed by atoms with Gasteiger partial charge < -0.3 is 10.1 Å². The van der Waals surface area contributed by atoms with Crippen LogP contribution in [0.1, 0.15) is 15.4 Å². The number of hydrogen-bond donors (Lipinski definition) is 1. The summed E-state index contributed by atoms with van der Waals surface area (Å²) in [6.45, 7) is 1.15. The minimum Gasteiger partial charge on any atom is -0.451 e. The molecule has 10 heteroatoms. The van der Waals surface area contributed by atoms with Gasteiger partial charge in [-0.1, -0.05) is 23.7 Å². The molecule has 0 aliphatic heterocycles. The van der Waals surface area contributed by atoms with Gasteiger partial charge in [-0.2, -0.15) is 5.10 Å². The summed E-state index contributed by atoms with van der Waals surface area (Å²) in [4.78, 5) is 25.4. The highest BCUT2D eigenvalue weighted by molar-refractivity contribution is 7.20. The molecule has 0 spiro atoms. The third-order valence-electron chi connectivity index (χ3n) is 4.36. The van der Waals surface area contributed by atoms with E-state index in [0.717, 1.165) is 34.9 Å². The van der Waals surface area contributed by atoms with E-state index in [1.54, 1.807) is 29.8 Å². The number of nitrogens with one attached hydrogen (secondary N) is 1.